The van der Waals surface area contributed by atoms with Crippen LogP contribution in [0.15, 0.2) is 36.5 Å². The smallest absolute Gasteiger partial charge is 0.358 e. The van der Waals surface area contributed by atoms with Crippen molar-refractivity contribution in [1.82, 2.24) is 14.6 Å². The number of esters is 1. The van der Waals surface area contributed by atoms with E-state index < -0.39 is 11.8 Å². The van der Waals surface area contributed by atoms with Crippen molar-refractivity contribution >= 4 is 11.6 Å². The fourth-order valence-electron chi connectivity index (χ4n) is 2.13. The molecule has 0 atom stereocenters. The normalized spacial score (nSPS) is 10.7. The molecule has 0 fully saturated rings. The molecule has 0 N–H and O–H groups in total. The summed E-state index contributed by atoms with van der Waals surface area (Å²) in [5, 5.41) is 4.13. The number of hydrogen-bond acceptors (Lipinski definition) is 5. The van der Waals surface area contributed by atoms with Crippen molar-refractivity contribution in [1.29, 1.82) is 0 Å². The summed E-state index contributed by atoms with van der Waals surface area (Å²) in [5.41, 5.74) is 1.33. The third-order valence-electron chi connectivity index (χ3n) is 3.20. The molecule has 2 heterocycles. The van der Waals surface area contributed by atoms with Crippen LogP contribution in [0.25, 0.3) is 16.9 Å². The van der Waals surface area contributed by atoms with Crippen molar-refractivity contribution < 1.29 is 18.7 Å². The maximum atomic E-state index is 14.2. The van der Waals surface area contributed by atoms with Crippen LogP contribution in [0.3, 0.4) is 0 Å². The fourth-order valence-corrected chi connectivity index (χ4v) is 2.13. The first-order valence-electron chi connectivity index (χ1n) is 6.41. The molecule has 0 aliphatic carbocycles. The van der Waals surface area contributed by atoms with Crippen molar-refractivity contribution in [3.05, 3.63) is 48.0 Å². The highest BCUT2D eigenvalue weighted by Crippen LogP contribution is 2.26. The van der Waals surface area contributed by atoms with Gasteiger partial charge in [0.15, 0.2) is 11.3 Å². The first kappa shape index (κ1) is 14.0. The SMILES string of the molecule is COC(=O)c1cc2nccc(-c3ccc(OC)cc3F)n2n1. The third-order valence-corrected chi connectivity index (χ3v) is 3.20. The number of halogens is 1. The minimum atomic E-state index is -0.577. The quantitative estimate of drug-likeness (QED) is 0.695. The number of benzene rings is 1. The van der Waals surface area contributed by atoms with Crippen molar-refractivity contribution in [3.8, 4) is 17.0 Å². The number of rotatable bonds is 3. The molecule has 2 aromatic heterocycles. The maximum absolute atomic E-state index is 14.2. The van der Waals surface area contributed by atoms with Crippen LogP contribution in [-0.4, -0.2) is 34.8 Å². The van der Waals surface area contributed by atoms with E-state index in [1.165, 1.54) is 37.1 Å². The molecular weight excluding hydrogens is 289 g/mol. The number of carbonyl (C=O) groups excluding carboxylic acids is 1. The van der Waals surface area contributed by atoms with E-state index in [-0.39, 0.29) is 5.69 Å². The lowest BCUT2D eigenvalue weighted by atomic mass is 10.1. The molecule has 0 aliphatic heterocycles. The Kier molecular flexibility index (Phi) is 3.46. The molecule has 0 unspecified atom stereocenters. The number of fused-ring (bicyclic) bond motifs is 1. The van der Waals surface area contributed by atoms with E-state index >= 15 is 0 Å². The molecule has 3 aromatic rings. The highest BCUT2D eigenvalue weighted by Gasteiger charge is 2.16. The van der Waals surface area contributed by atoms with Gasteiger partial charge in [-0.1, -0.05) is 0 Å². The molecule has 3 rings (SSSR count). The van der Waals surface area contributed by atoms with Crippen molar-refractivity contribution in [2.75, 3.05) is 14.2 Å². The van der Waals surface area contributed by atoms with E-state index in [1.54, 1.807) is 18.2 Å². The summed E-state index contributed by atoms with van der Waals surface area (Å²) < 4.78 is 25.3. The number of methoxy groups -OCH3 is 2. The minimum Gasteiger partial charge on any atom is -0.497 e. The van der Waals surface area contributed by atoms with Crippen molar-refractivity contribution in [3.63, 3.8) is 0 Å². The third kappa shape index (κ3) is 2.26. The molecule has 7 heteroatoms. The largest absolute Gasteiger partial charge is 0.497 e. The predicted octanol–water partition coefficient (Wildman–Crippen LogP) is 2.33. The maximum Gasteiger partial charge on any atom is 0.358 e. The Morgan fingerprint density at radius 1 is 1.23 bits per heavy atom. The first-order valence-corrected chi connectivity index (χ1v) is 6.41. The van der Waals surface area contributed by atoms with Crippen molar-refractivity contribution in [2.24, 2.45) is 0 Å². The lowest BCUT2D eigenvalue weighted by Crippen LogP contribution is -2.03. The van der Waals surface area contributed by atoms with E-state index in [0.29, 0.717) is 22.7 Å². The molecule has 6 nitrogen and oxygen atoms in total. The van der Waals surface area contributed by atoms with Crippen LogP contribution in [-0.2, 0) is 4.74 Å². The van der Waals surface area contributed by atoms with Crippen LogP contribution in [0.4, 0.5) is 4.39 Å². The summed E-state index contributed by atoms with van der Waals surface area (Å²) in [6.07, 6.45) is 1.52. The van der Waals surface area contributed by atoms with Crippen LogP contribution in [0.1, 0.15) is 10.5 Å². The van der Waals surface area contributed by atoms with Gasteiger partial charge in [-0.25, -0.2) is 18.7 Å². The van der Waals surface area contributed by atoms with Gasteiger partial charge in [-0.05, 0) is 18.2 Å². The Labute approximate surface area is 125 Å². The molecule has 0 saturated carbocycles. The second-order valence-corrected chi connectivity index (χ2v) is 4.47. The molecule has 0 bridgehead atoms. The number of hydrogen-bond donors (Lipinski definition) is 0. The topological polar surface area (TPSA) is 65.7 Å². The second kappa shape index (κ2) is 5.44. The van der Waals surface area contributed by atoms with Gasteiger partial charge in [0.25, 0.3) is 0 Å². The van der Waals surface area contributed by atoms with Gasteiger partial charge < -0.3 is 9.47 Å². The summed E-state index contributed by atoms with van der Waals surface area (Å²) in [7, 11) is 2.74. The van der Waals surface area contributed by atoms with Gasteiger partial charge in [0.05, 0.1) is 19.9 Å². The second-order valence-electron chi connectivity index (χ2n) is 4.47. The predicted molar refractivity (Wildman–Crippen MR) is 76.3 cm³/mol. The molecular formula is C15H12FN3O3. The standard InChI is InChI=1S/C15H12FN3O3/c1-21-9-3-4-10(11(16)7-9)13-5-6-17-14-8-12(15(20)22-2)18-19(13)14/h3-8H,1-2H3. The molecule has 1 aromatic carbocycles. The highest BCUT2D eigenvalue weighted by atomic mass is 19.1. The van der Waals surface area contributed by atoms with Gasteiger partial charge in [-0.15, -0.1) is 0 Å². The lowest BCUT2D eigenvalue weighted by Gasteiger charge is -2.07. The van der Waals surface area contributed by atoms with E-state index in [2.05, 4.69) is 14.8 Å². The minimum absolute atomic E-state index is 0.108. The summed E-state index contributed by atoms with van der Waals surface area (Å²) in [6.45, 7) is 0. The summed E-state index contributed by atoms with van der Waals surface area (Å²) in [5.74, 6) is -0.615. The Hall–Kier alpha value is -2.96. The van der Waals surface area contributed by atoms with Crippen LogP contribution in [0.2, 0.25) is 0 Å². The molecule has 0 aliphatic rings. The van der Waals surface area contributed by atoms with Gasteiger partial charge >= 0.3 is 5.97 Å². The lowest BCUT2D eigenvalue weighted by molar-refractivity contribution is 0.0593. The first-order chi connectivity index (χ1) is 10.6. The fraction of sp³-hybridized carbons (Fsp3) is 0.133. The number of carbonyl (C=O) groups is 1. The van der Waals surface area contributed by atoms with E-state index in [1.807, 2.05) is 0 Å². The monoisotopic (exact) mass is 301 g/mol. The van der Waals surface area contributed by atoms with Gasteiger partial charge in [0, 0.05) is 23.9 Å². The summed E-state index contributed by atoms with van der Waals surface area (Å²) in [6, 6.07) is 7.62. The number of aromatic nitrogens is 3. The molecule has 0 radical (unpaired) electrons. The number of nitrogens with zero attached hydrogens (tertiary/aromatic N) is 3. The molecule has 0 saturated heterocycles. The zero-order valence-electron chi connectivity index (χ0n) is 11.9. The Morgan fingerprint density at radius 3 is 2.73 bits per heavy atom. The molecule has 0 amide bonds. The van der Waals surface area contributed by atoms with Gasteiger partial charge in [-0.3, -0.25) is 0 Å². The van der Waals surface area contributed by atoms with Gasteiger partial charge in [0.2, 0.25) is 0 Å². The Morgan fingerprint density at radius 2 is 2.05 bits per heavy atom. The Balaban J connectivity index is 2.18. The number of ether oxygens (including phenoxy) is 2. The zero-order chi connectivity index (χ0) is 15.7. The average molecular weight is 301 g/mol. The van der Waals surface area contributed by atoms with Gasteiger partial charge in [-0.2, -0.15) is 5.10 Å². The van der Waals surface area contributed by atoms with Crippen LogP contribution in [0.5, 0.6) is 5.75 Å². The molecule has 0 spiro atoms. The Bertz CT molecular complexity index is 860. The average Bonchev–Trinajstić information content (AvgIpc) is 2.98. The van der Waals surface area contributed by atoms with Crippen LogP contribution < -0.4 is 4.74 Å². The van der Waals surface area contributed by atoms with E-state index in [4.69, 9.17) is 4.74 Å². The zero-order valence-corrected chi connectivity index (χ0v) is 11.9. The van der Waals surface area contributed by atoms with Crippen molar-refractivity contribution in [2.45, 2.75) is 0 Å². The van der Waals surface area contributed by atoms with Crippen LogP contribution in [0, 0.1) is 5.82 Å². The summed E-state index contributed by atoms with van der Waals surface area (Å²) >= 11 is 0. The van der Waals surface area contributed by atoms with Crippen LogP contribution >= 0.6 is 0 Å². The van der Waals surface area contributed by atoms with E-state index in [0.717, 1.165) is 0 Å². The highest BCUT2D eigenvalue weighted by molar-refractivity contribution is 5.88. The van der Waals surface area contributed by atoms with E-state index in [9.17, 15) is 9.18 Å². The summed E-state index contributed by atoms with van der Waals surface area (Å²) in [4.78, 5) is 15.7. The molecule has 112 valence electrons. The van der Waals surface area contributed by atoms with Gasteiger partial charge in [0.1, 0.15) is 11.6 Å². The molecule has 22 heavy (non-hydrogen) atoms.